The van der Waals surface area contributed by atoms with E-state index >= 15 is 0 Å². The van der Waals surface area contributed by atoms with E-state index in [1.807, 2.05) is 0 Å². The normalized spacial score (nSPS) is 28.3. The van der Waals surface area contributed by atoms with Crippen LogP contribution in [-0.4, -0.2) is 31.6 Å². The highest BCUT2D eigenvalue weighted by molar-refractivity contribution is 4.78. The number of hydrogen-bond donors (Lipinski definition) is 1. The number of nitrogens with two attached hydrogens (primary N) is 1. The third-order valence-electron chi connectivity index (χ3n) is 4.24. The van der Waals surface area contributed by atoms with E-state index in [1.54, 1.807) is 0 Å². The zero-order valence-electron chi connectivity index (χ0n) is 11.4. The Kier molecular flexibility index (Phi) is 6.37. The molecule has 0 aromatic rings. The molecule has 1 fully saturated rings. The van der Waals surface area contributed by atoms with E-state index in [9.17, 15) is 0 Å². The Morgan fingerprint density at radius 1 is 1.25 bits per heavy atom. The molecule has 3 atom stereocenters. The van der Waals surface area contributed by atoms with Gasteiger partial charge in [-0.25, -0.2) is 0 Å². The van der Waals surface area contributed by atoms with Crippen LogP contribution in [-0.2, 0) is 0 Å². The van der Waals surface area contributed by atoms with Crippen molar-refractivity contribution < 1.29 is 0 Å². The lowest BCUT2D eigenvalue weighted by Crippen LogP contribution is -2.36. The summed E-state index contributed by atoms with van der Waals surface area (Å²) in [4.78, 5) is 2.52. The van der Waals surface area contributed by atoms with Crippen molar-refractivity contribution in [2.75, 3.05) is 26.7 Å². The summed E-state index contributed by atoms with van der Waals surface area (Å²) >= 11 is 0. The average molecular weight is 226 g/mol. The molecular weight excluding hydrogens is 196 g/mol. The van der Waals surface area contributed by atoms with Gasteiger partial charge in [0.25, 0.3) is 0 Å². The SMILES string of the molecule is CCC(C)CN(C)CC1CCCCC1CN. The summed E-state index contributed by atoms with van der Waals surface area (Å²) in [6.45, 7) is 8.01. The Hall–Kier alpha value is -0.0800. The van der Waals surface area contributed by atoms with E-state index in [0.29, 0.717) is 0 Å². The third kappa shape index (κ3) is 4.42. The van der Waals surface area contributed by atoms with Crippen LogP contribution < -0.4 is 5.73 Å². The van der Waals surface area contributed by atoms with Crippen molar-refractivity contribution in [3.05, 3.63) is 0 Å². The van der Waals surface area contributed by atoms with Gasteiger partial charge in [0, 0.05) is 13.1 Å². The first-order valence-corrected chi connectivity index (χ1v) is 7.06. The molecule has 0 radical (unpaired) electrons. The van der Waals surface area contributed by atoms with Gasteiger partial charge in [0.15, 0.2) is 0 Å². The second kappa shape index (κ2) is 7.29. The molecule has 0 aliphatic heterocycles. The van der Waals surface area contributed by atoms with E-state index in [-0.39, 0.29) is 0 Å². The molecule has 0 heterocycles. The number of nitrogens with zero attached hydrogens (tertiary/aromatic N) is 1. The van der Waals surface area contributed by atoms with Crippen LogP contribution in [0.3, 0.4) is 0 Å². The van der Waals surface area contributed by atoms with Crippen molar-refractivity contribution in [2.45, 2.75) is 46.0 Å². The van der Waals surface area contributed by atoms with Crippen molar-refractivity contribution in [2.24, 2.45) is 23.5 Å². The van der Waals surface area contributed by atoms with Crippen molar-refractivity contribution in [1.82, 2.24) is 4.90 Å². The molecule has 96 valence electrons. The maximum absolute atomic E-state index is 5.88. The summed E-state index contributed by atoms with van der Waals surface area (Å²) in [5, 5.41) is 0. The Labute approximate surface area is 102 Å². The minimum atomic E-state index is 0.785. The molecule has 0 spiro atoms. The molecule has 1 rings (SSSR count). The van der Waals surface area contributed by atoms with Crippen LogP contribution in [0.2, 0.25) is 0 Å². The van der Waals surface area contributed by atoms with E-state index in [0.717, 1.165) is 24.3 Å². The zero-order chi connectivity index (χ0) is 12.0. The van der Waals surface area contributed by atoms with Crippen LogP contribution in [0.4, 0.5) is 0 Å². The Bertz CT molecular complexity index is 182. The number of rotatable bonds is 6. The summed E-state index contributed by atoms with van der Waals surface area (Å²) in [5.41, 5.74) is 5.88. The van der Waals surface area contributed by atoms with Crippen LogP contribution in [0.1, 0.15) is 46.0 Å². The van der Waals surface area contributed by atoms with E-state index < -0.39 is 0 Å². The van der Waals surface area contributed by atoms with E-state index in [1.165, 1.54) is 45.2 Å². The second-order valence-corrected chi connectivity index (χ2v) is 5.77. The standard InChI is InChI=1S/C14H30N2/c1-4-12(2)10-16(3)11-14-8-6-5-7-13(14)9-15/h12-14H,4-11,15H2,1-3H3. The molecule has 0 amide bonds. The number of hydrogen-bond acceptors (Lipinski definition) is 2. The van der Waals surface area contributed by atoms with Gasteiger partial charge >= 0.3 is 0 Å². The zero-order valence-corrected chi connectivity index (χ0v) is 11.4. The van der Waals surface area contributed by atoms with E-state index in [4.69, 9.17) is 5.73 Å². The molecule has 2 nitrogen and oxygen atoms in total. The van der Waals surface area contributed by atoms with Crippen molar-refractivity contribution in [1.29, 1.82) is 0 Å². The molecule has 0 aromatic heterocycles. The molecule has 0 saturated heterocycles. The van der Waals surface area contributed by atoms with Gasteiger partial charge < -0.3 is 10.6 Å². The highest BCUT2D eigenvalue weighted by Crippen LogP contribution is 2.29. The van der Waals surface area contributed by atoms with Crippen molar-refractivity contribution in [3.8, 4) is 0 Å². The van der Waals surface area contributed by atoms with Crippen LogP contribution in [0.15, 0.2) is 0 Å². The van der Waals surface area contributed by atoms with Gasteiger partial charge in [-0.05, 0) is 44.2 Å². The minimum Gasteiger partial charge on any atom is -0.330 e. The van der Waals surface area contributed by atoms with Crippen LogP contribution >= 0.6 is 0 Å². The molecular formula is C14H30N2. The topological polar surface area (TPSA) is 29.3 Å². The van der Waals surface area contributed by atoms with Crippen molar-refractivity contribution >= 4 is 0 Å². The first-order valence-electron chi connectivity index (χ1n) is 7.06. The smallest absolute Gasteiger partial charge is 0.000984 e. The largest absolute Gasteiger partial charge is 0.330 e. The lowest BCUT2D eigenvalue weighted by Gasteiger charge is -2.34. The Morgan fingerprint density at radius 3 is 2.44 bits per heavy atom. The average Bonchev–Trinajstić information content (AvgIpc) is 2.29. The molecule has 1 aliphatic carbocycles. The van der Waals surface area contributed by atoms with Gasteiger partial charge in [-0.2, -0.15) is 0 Å². The highest BCUT2D eigenvalue weighted by Gasteiger charge is 2.24. The second-order valence-electron chi connectivity index (χ2n) is 5.77. The predicted octanol–water partition coefficient (Wildman–Crippen LogP) is 2.73. The van der Waals surface area contributed by atoms with Gasteiger partial charge in [0.05, 0.1) is 0 Å². The van der Waals surface area contributed by atoms with Gasteiger partial charge in [-0.15, -0.1) is 0 Å². The maximum atomic E-state index is 5.88. The summed E-state index contributed by atoms with van der Waals surface area (Å²) in [7, 11) is 2.27. The molecule has 1 aliphatic rings. The predicted molar refractivity (Wildman–Crippen MR) is 71.5 cm³/mol. The molecule has 2 N–H and O–H groups in total. The van der Waals surface area contributed by atoms with Gasteiger partial charge in [-0.3, -0.25) is 0 Å². The summed E-state index contributed by atoms with van der Waals surface area (Å²) in [6.07, 6.45) is 6.85. The van der Waals surface area contributed by atoms with Gasteiger partial charge in [0.2, 0.25) is 0 Å². The van der Waals surface area contributed by atoms with E-state index in [2.05, 4.69) is 25.8 Å². The summed E-state index contributed by atoms with van der Waals surface area (Å²) < 4.78 is 0. The molecule has 2 heteroatoms. The quantitative estimate of drug-likeness (QED) is 0.754. The first-order chi connectivity index (χ1) is 7.67. The monoisotopic (exact) mass is 226 g/mol. The minimum absolute atomic E-state index is 0.785. The fraction of sp³-hybridized carbons (Fsp3) is 1.00. The third-order valence-corrected chi connectivity index (χ3v) is 4.24. The highest BCUT2D eigenvalue weighted by atomic mass is 15.1. The Morgan fingerprint density at radius 2 is 1.88 bits per heavy atom. The lowest BCUT2D eigenvalue weighted by atomic mass is 9.79. The lowest BCUT2D eigenvalue weighted by molar-refractivity contribution is 0.162. The van der Waals surface area contributed by atoms with Gasteiger partial charge in [-0.1, -0.05) is 33.1 Å². The molecule has 16 heavy (non-hydrogen) atoms. The molecule has 1 saturated carbocycles. The van der Waals surface area contributed by atoms with Crippen LogP contribution in [0.5, 0.6) is 0 Å². The molecule has 0 aromatic carbocycles. The van der Waals surface area contributed by atoms with Crippen LogP contribution in [0, 0.1) is 17.8 Å². The summed E-state index contributed by atoms with van der Waals surface area (Å²) in [6, 6.07) is 0. The first kappa shape index (κ1) is 14.0. The molecule has 0 bridgehead atoms. The Balaban J connectivity index is 2.32. The maximum Gasteiger partial charge on any atom is 0.000984 e. The van der Waals surface area contributed by atoms with Crippen LogP contribution in [0.25, 0.3) is 0 Å². The van der Waals surface area contributed by atoms with Crippen molar-refractivity contribution in [3.63, 3.8) is 0 Å². The fourth-order valence-corrected chi connectivity index (χ4v) is 2.97. The fourth-order valence-electron chi connectivity index (χ4n) is 2.97. The van der Waals surface area contributed by atoms with Gasteiger partial charge in [0.1, 0.15) is 0 Å². The summed E-state index contributed by atoms with van der Waals surface area (Å²) in [5.74, 6) is 2.46. The molecule has 3 unspecified atom stereocenters.